The normalized spacial score (nSPS) is 16.1. The van der Waals surface area contributed by atoms with Gasteiger partial charge in [0.05, 0.1) is 17.9 Å². The smallest absolute Gasteiger partial charge is 0.0759 e. The van der Waals surface area contributed by atoms with Gasteiger partial charge in [0.25, 0.3) is 0 Å². The average molecular weight is 284 g/mol. The van der Waals surface area contributed by atoms with Gasteiger partial charge in [-0.05, 0) is 42.9 Å². The van der Waals surface area contributed by atoms with Gasteiger partial charge < -0.3 is 5.32 Å². The molecule has 0 bridgehead atoms. The van der Waals surface area contributed by atoms with Crippen molar-refractivity contribution in [2.75, 3.05) is 6.54 Å². The molecule has 1 aromatic carbocycles. The predicted molar refractivity (Wildman–Crippen MR) is 84.1 cm³/mol. The highest BCUT2D eigenvalue weighted by atomic mass is 15.4. The maximum absolute atomic E-state index is 4.26. The van der Waals surface area contributed by atoms with Crippen molar-refractivity contribution in [2.45, 2.75) is 45.7 Å². The molecular weight excluding hydrogens is 260 g/mol. The summed E-state index contributed by atoms with van der Waals surface area (Å²) >= 11 is 0. The molecule has 21 heavy (non-hydrogen) atoms. The maximum Gasteiger partial charge on any atom is 0.0759 e. The summed E-state index contributed by atoms with van der Waals surface area (Å²) in [6.45, 7) is 6.26. The number of hydrogen-bond donors (Lipinski definition) is 1. The lowest BCUT2D eigenvalue weighted by Gasteiger charge is -2.24. The van der Waals surface area contributed by atoms with Gasteiger partial charge in [0.15, 0.2) is 0 Å². The summed E-state index contributed by atoms with van der Waals surface area (Å²) in [6.07, 6.45) is 5.31. The van der Waals surface area contributed by atoms with Crippen LogP contribution in [0.5, 0.6) is 0 Å². The van der Waals surface area contributed by atoms with E-state index in [-0.39, 0.29) is 0 Å². The van der Waals surface area contributed by atoms with Gasteiger partial charge in [0, 0.05) is 6.54 Å². The lowest BCUT2D eigenvalue weighted by atomic mass is 9.94. The third-order valence-corrected chi connectivity index (χ3v) is 4.38. The van der Waals surface area contributed by atoms with Crippen LogP contribution in [0.4, 0.5) is 0 Å². The van der Waals surface area contributed by atoms with E-state index in [2.05, 4.69) is 58.4 Å². The molecule has 1 aliphatic carbocycles. The van der Waals surface area contributed by atoms with E-state index < -0.39 is 0 Å². The van der Waals surface area contributed by atoms with Crippen LogP contribution in [0.25, 0.3) is 0 Å². The first-order valence-corrected chi connectivity index (χ1v) is 8.02. The zero-order chi connectivity index (χ0) is 14.7. The monoisotopic (exact) mass is 284 g/mol. The molecule has 0 fully saturated rings. The molecule has 1 aliphatic rings. The summed E-state index contributed by atoms with van der Waals surface area (Å²) in [6, 6.07) is 9.16. The molecule has 0 radical (unpaired) electrons. The molecule has 0 saturated heterocycles. The minimum Gasteiger partial charge on any atom is -0.309 e. The molecule has 0 saturated carbocycles. The Hall–Kier alpha value is -1.68. The first-order valence-electron chi connectivity index (χ1n) is 8.02. The third-order valence-electron chi connectivity index (χ3n) is 4.38. The summed E-state index contributed by atoms with van der Waals surface area (Å²) < 4.78 is 2.07. The van der Waals surface area contributed by atoms with Crippen LogP contribution in [0.3, 0.4) is 0 Å². The van der Waals surface area contributed by atoms with Gasteiger partial charge in [-0.2, -0.15) is 0 Å². The number of aryl methyl sites for hydroxylation is 1. The lowest BCUT2D eigenvalue weighted by Crippen LogP contribution is -2.31. The SMILES string of the molecule is CCCn1nncc1C(NCC)C1Cc2ccccc2C1. The van der Waals surface area contributed by atoms with Crippen LogP contribution in [-0.2, 0) is 19.4 Å². The molecule has 0 spiro atoms. The number of hydrogen-bond acceptors (Lipinski definition) is 3. The van der Waals surface area contributed by atoms with Crippen LogP contribution < -0.4 is 5.32 Å². The van der Waals surface area contributed by atoms with E-state index >= 15 is 0 Å². The molecule has 1 N–H and O–H groups in total. The fraction of sp³-hybridized carbons (Fsp3) is 0.529. The Morgan fingerprint density at radius 1 is 1.24 bits per heavy atom. The number of aromatic nitrogens is 3. The number of nitrogens with zero attached hydrogens (tertiary/aromatic N) is 3. The van der Waals surface area contributed by atoms with E-state index in [9.17, 15) is 0 Å². The average Bonchev–Trinajstić information content (AvgIpc) is 3.11. The molecule has 1 unspecified atom stereocenters. The summed E-state index contributed by atoms with van der Waals surface area (Å²) in [5.74, 6) is 0.594. The Morgan fingerprint density at radius 2 is 1.95 bits per heavy atom. The standard InChI is InChI=1S/C17H24N4/c1-3-9-21-16(12-19-20-21)17(18-4-2)15-10-13-7-5-6-8-14(13)11-15/h5-8,12,15,17-18H,3-4,9-11H2,1-2H3. The number of nitrogens with one attached hydrogen (secondary N) is 1. The Labute approximate surface area is 126 Å². The van der Waals surface area contributed by atoms with Crippen molar-refractivity contribution in [1.29, 1.82) is 0 Å². The van der Waals surface area contributed by atoms with Crippen LogP contribution in [0.15, 0.2) is 30.5 Å². The van der Waals surface area contributed by atoms with Crippen LogP contribution >= 0.6 is 0 Å². The molecule has 1 aromatic heterocycles. The van der Waals surface area contributed by atoms with Crippen molar-refractivity contribution in [3.63, 3.8) is 0 Å². The number of rotatable bonds is 6. The Balaban J connectivity index is 1.84. The topological polar surface area (TPSA) is 42.7 Å². The molecule has 4 nitrogen and oxygen atoms in total. The second-order valence-electron chi connectivity index (χ2n) is 5.85. The van der Waals surface area contributed by atoms with Crippen LogP contribution in [0, 0.1) is 5.92 Å². The number of fused-ring (bicyclic) bond motifs is 1. The Kier molecular flexibility index (Phi) is 4.34. The lowest BCUT2D eigenvalue weighted by molar-refractivity contribution is 0.354. The molecule has 4 heteroatoms. The number of benzene rings is 1. The first-order chi connectivity index (χ1) is 10.3. The van der Waals surface area contributed by atoms with E-state index in [1.165, 1.54) is 16.8 Å². The van der Waals surface area contributed by atoms with Gasteiger partial charge in [0.2, 0.25) is 0 Å². The minimum absolute atomic E-state index is 0.337. The Morgan fingerprint density at radius 3 is 2.57 bits per heavy atom. The molecule has 2 aromatic rings. The summed E-state index contributed by atoms with van der Waals surface area (Å²) in [7, 11) is 0. The molecule has 0 aliphatic heterocycles. The second-order valence-corrected chi connectivity index (χ2v) is 5.85. The highest BCUT2D eigenvalue weighted by Crippen LogP contribution is 2.35. The van der Waals surface area contributed by atoms with Crippen molar-refractivity contribution < 1.29 is 0 Å². The van der Waals surface area contributed by atoms with E-state index in [4.69, 9.17) is 0 Å². The Bertz CT molecular complexity index is 565. The fourth-order valence-electron chi connectivity index (χ4n) is 3.45. The fourth-order valence-corrected chi connectivity index (χ4v) is 3.45. The van der Waals surface area contributed by atoms with Crippen molar-refractivity contribution in [1.82, 2.24) is 20.3 Å². The molecule has 0 amide bonds. The largest absolute Gasteiger partial charge is 0.309 e. The van der Waals surface area contributed by atoms with Gasteiger partial charge in [0.1, 0.15) is 0 Å². The predicted octanol–water partition coefficient (Wildman–Crippen LogP) is 2.75. The van der Waals surface area contributed by atoms with Crippen LogP contribution in [0.2, 0.25) is 0 Å². The zero-order valence-electron chi connectivity index (χ0n) is 12.9. The van der Waals surface area contributed by atoms with Gasteiger partial charge in [-0.3, -0.25) is 0 Å². The van der Waals surface area contributed by atoms with E-state index in [1.807, 2.05) is 6.20 Å². The summed E-state index contributed by atoms with van der Waals surface area (Å²) in [5.41, 5.74) is 4.23. The molecule has 1 heterocycles. The molecule has 1 atom stereocenters. The first kappa shape index (κ1) is 14.3. The highest BCUT2D eigenvalue weighted by molar-refractivity contribution is 5.33. The van der Waals surface area contributed by atoms with Crippen LogP contribution in [0.1, 0.15) is 43.1 Å². The second kappa shape index (κ2) is 6.39. The molecule has 3 rings (SSSR count). The van der Waals surface area contributed by atoms with Crippen LogP contribution in [-0.4, -0.2) is 21.5 Å². The summed E-state index contributed by atoms with van der Waals surface area (Å²) in [4.78, 5) is 0. The van der Waals surface area contributed by atoms with E-state index in [1.54, 1.807) is 0 Å². The van der Waals surface area contributed by atoms with Gasteiger partial charge in [-0.1, -0.05) is 43.3 Å². The zero-order valence-corrected chi connectivity index (χ0v) is 12.9. The van der Waals surface area contributed by atoms with Crippen molar-refractivity contribution in [3.05, 3.63) is 47.3 Å². The van der Waals surface area contributed by atoms with E-state index in [0.717, 1.165) is 32.4 Å². The third kappa shape index (κ3) is 2.86. The quantitative estimate of drug-likeness (QED) is 0.887. The van der Waals surface area contributed by atoms with Crippen molar-refractivity contribution >= 4 is 0 Å². The molecule has 112 valence electrons. The van der Waals surface area contributed by atoms with Gasteiger partial charge in [-0.25, -0.2) is 4.68 Å². The maximum atomic E-state index is 4.26. The summed E-state index contributed by atoms with van der Waals surface area (Å²) in [5, 5.41) is 12.1. The highest BCUT2D eigenvalue weighted by Gasteiger charge is 2.31. The molecular formula is C17H24N4. The van der Waals surface area contributed by atoms with Gasteiger partial charge >= 0.3 is 0 Å². The van der Waals surface area contributed by atoms with Crippen molar-refractivity contribution in [3.8, 4) is 0 Å². The van der Waals surface area contributed by atoms with E-state index in [0.29, 0.717) is 12.0 Å². The van der Waals surface area contributed by atoms with Crippen molar-refractivity contribution in [2.24, 2.45) is 5.92 Å². The van der Waals surface area contributed by atoms with Gasteiger partial charge in [-0.15, -0.1) is 5.10 Å². The minimum atomic E-state index is 0.337.